The van der Waals surface area contributed by atoms with Crippen LogP contribution in [0.5, 0.6) is 0 Å². The minimum atomic E-state index is 0.240. The third-order valence-corrected chi connectivity index (χ3v) is 4.34. The fourth-order valence-electron chi connectivity index (χ4n) is 2.09. The second-order valence-corrected chi connectivity index (χ2v) is 6.08. The molecule has 3 nitrogen and oxygen atoms in total. The van der Waals surface area contributed by atoms with Gasteiger partial charge in [0.05, 0.1) is 0 Å². The number of thioether (sulfide) groups is 1. The van der Waals surface area contributed by atoms with Gasteiger partial charge in [-0.15, -0.1) is 11.8 Å². The zero-order valence-corrected chi connectivity index (χ0v) is 12.2. The maximum Gasteiger partial charge on any atom is 0.222 e. The SMILES string of the molecule is CN(CCSc1ccccc1)C(=O)C[C@H]1CCOC1. The zero-order chi connectivity index (χ0) is 13.5. The maximum absolute atomic E-state index is 12.0. The Labute approximate surface area is 119 Å². The highest BCUT2D eigenvalue weighted by Crippen LogP contribution is 2.19. The average Bonchev–Trinajstić information content (AvgIpc) is 2.92. The third kappa shape index (κ3) is 4.88. The first-order valence-corrected chi connectivity index (χ1v) is 7.74. The van der Waals surface area contributed by atoms with Crippen molar-refractivity contribution in [1.29, 1.82) is 0 Å². The van der Waals surface area contributed by atoms with Gasteiger partial charge in [-0.05, 0) is 24.5 Å². The lowest BCUT2D eigenvalue weighted by Crippen LogP contribution is -2.30. The van der Waals surface area contributed by atoms with Crippen LogP contribution < -0.4 is 0 Å². The first-order chi connectivity index (χ1) is 9.25. The number of amides is 1. The maximum atomic E-state index is 12.0. The van der Waals surface area contributed by atoms with E-state index in [9.17, 15) is 4.79 Å². The Kier molecular flexibility index (Phi) is 5.73. The molecule has 1 aromatic rings. The molecule has 104 valence electrons. The summed E-state index contributed by atoms with van der Waals surface area (Å²) in [4.78, 5) is 15.1. The highest BCUT2D eigenvalue weighted by atomic mass is 32.2. The standard InChI is InChI=1S/C15H21NO2S/c1-16(15(17)11-13-7-9-18-12-13)8-10-19-14-5-3-2-4-6-14/h2-6,13H,7-12H2,1H3/t13-/m1/s1. The Balaban J connectivity index is 1.65. The number of benzene rings is 1. The summed E-state index contributed by atoms with van der Waals surface area (Å²) < 4.78 is 5.30. The molecule has 19 heavy (non-hydrogen) atoms. The van der Waals surface area contributed by atoms with Crippen molar-refractivity contribution < 1.29 is 9.53 Å². The highest BCUT2D eigenvalue weighted by Gasteiger charge is 2.20. The molecule has 1 fully saturated rings. The van der Waals surface area contributed by atoms with Crippen molar-refractivity contribution in [2.24, 2.45) is 5.92 Å². The highest BCUT2D eigenvalue weighted by molar-refractivity contribution is 7.99. The van der Waals surface area contributed by atoms with Gasteiger partial charge in [0.2, 0.25) is 5.91 Å². The van der Waals surface area contributed by atoms with Gasteiger partial charge in [0.25, 0.3) is 0 Å². The number of carbonyl (C=O) groups is 1. The molecule has 0 N–H and O–H groups in total. The number of ether oxygens (including phenoxy) is 1. The predicted molar refractivity (Wildman–Crippen MR) is 78.3 cm³/mol. The van der Waals surface area contributed by atoms with Gasteiger partial charge in [0.15, 0.2) is 0 Å². The van der Waals surface area contributed by atoms with Crippen LogP contribution in [0.2, 0.25) is 0 Å². The van der Waals surface area contributed by atoms with Crippen molar-refractivity contribution in [3.8, 4) is 0 Å². The molecule has 0 unspecified atom stereocenters. The molecule has 4 heteroatoms. The molecule has 0 saturated carbocycles. The van der Waals surface area contributed by atoms with Crippen molar-refractivity contribution >= 4 is 17.7 Å². The summed E-state index contributed by atoms with van der Waals surface area (Å²) in [5.74, 6) is 1.61. The quantitative estimate of drug-likeness (QED) is 0.750. The summed E-state index contributed by atoms with van der Waals surface area (Å²) >= 11 is 1.79. The number of rotatable bonds is 6. The van der Waals surface area contributed by atoms with E-state index >= 15 is 0 Å². The lowest BCUT2D eigenvalue weighted by Gasteiger charge is -2.18. The van der Waals surface area contributed by atoms with Gasteiger partial charge in [-0.1, -0.05) is 18.2 Å². The molecule has 1 aliphatic heterocycles. The van der Waals surface area contributed by atoms with Crippen LogP contribution >= 0.6 is 11.8 Å². The molecule has 0 spiro atoms. The summed E-state index contributed by atoms with van der Waals surface area (Å²) in [6.45, 7) is 2.36. The second-order valence-electron chi connectivity index (χ2n) is 4.91. The van der Waals surface area contributed by atoms with Gasteiger partial charge in [-0.3, -0.25) is 4.79 Å². The minimum Gasteiger partial charge on any atom is -0.381 e. The predicted octanol–water partition coefficient (Wildman–Crippen LogP) is 2.66. The molecule has 2 rings (SSSR count). The summed E-state index contributed by atoms with van der Waals surface area (Å²) in [6.07, 6.45) is 1.66. The van der Waals surface area contributed by atoms with Crippen LogP contribution in [0.4, 0.5) is 0 Å². The van der Waals surface area contributed by atoms with Crippen LogP contribution in [0.3, 0.4) is 0 Å². The monoisotopic (exact) mass is 279 g/mol. The molecule has 1 amide bonds. The van der Waals surface area contributed by atoms with Crippen LogP contribution in [-0.2, 0) is 9.53 Å². The Morgan fingerprint density at radius 3 is 2.89 bits per heavy atom. The van der Waals surface area contributed by atoms with Crippen LogP contribution in [0, 0.1) is 5.92 Å². The molecule has 1 aliphatic rings. The van der Waals surface area contributed by atoms with E-state index in [1.165, 1.54) is 4.90 Å². The van der Waals surface area contributed by atoms with Crippen molar-refractivity contribution in [2.45, 2.75) is 17.7 Å². The number of carbonyl (C=O) groups excluding carboxylic acids is 1. The second kappa shape index (κ2) is 7.56. The average molecular weight is 279 g/mol. The first kappa shape index (κ1) is 14.4. The molecule has 0 radical (unpaired) electrons. The van der Waals surface area contributed by atoms with Crippen molar-refractivity contribution in [2.75, 3.05) is 32.6 Å². The Morgan fingerprint density at radius 1 is 1.42 bits per heavy atom. The normalized spacial score (nSPS) is 18.5. The fourth-order valence-corrected chi connectivity index (χ4v) is 3.04. The van der Waals surface area contributed by atoms with E-state index in [0.717, 1.165) is 31.9 Å². The lowest BCUT2D eigenvalue weighted by atomic mass is 10.0. The van der Waals surface area contributed by atoms with Gasteiger partial charge < -0.3 is 9.64 Å². The first-order valence-electron chi connectivity index (χ1n) is 6.75. The minimum absolute atomic E-state index is 0.240. The van der Waals surface area contributed by atoms with Crippen molar-refractivity contribution in [3.63, 3.8) is 0 Å². The van der Waals surface area contributed by atoms with Gasteiger partial charge in [-0.2, -0.15) is 0 Å². The van der Waals surface area contributed by atoms with Gasteiger partial charge in [0, 0.05) is 43.9 Å². The molecule has 0 bridgehead atoms. The van der Waals surface area contributed by atoms with E-state index in [1.54, 1.807) is 11.8 Å². The largest absolute Gasteiger partial charge is 0.381 e. The summed E-state index contributed by atoms with van der Waals surface area (Å²) in [6, 6.07) is 10.3. The molecule has 1 atom stereocenters. The topological polar surface area (TPSA) is 29.5 Å². The third-order valence-electron chi connectivity index (χ3n) is 3.35. The smallest absolute Gasteiger partial charge is 0.222 e. The Bertz CT molecular complexity index is 390. The van der Waals surface area contributed by atoms with E-state index in [-0.39, 0.29) is 5.91 Å². The van der Waals surface area contributed by atoms with E-state index in [4.69, 9.17) is 4.74 Å². The molecular formula is C15H21NO2S. The summed E-state index contributed by atoms with van der Waals surface area (Å²) in [5, 5.41) is 0. The van der Waals surface area contributed by atoms with Gasteiger partial charge in [-0.25, -0.2) is 0 Å². The van der Waals surface area contributed by atoms with E-state index < -0.39 is 0 Å². The molecule has 1 heterocycles. The van der Waals surface area contributed by atoms with Gasteiger partial charge in [0.1, 0.15) is 0 Å². The van der Waals surface area contributed by atoms with Gasteiger partial charge >= 0.3 is 0 Å². The van der Waals surface area contributed by atoms with E-state index in [1.807, 2.05) is 30.1 Å². The van der Waals surface area contributed by atoms with E-state index in [0.29, 0.717) is 12.3 Å². The fraction of sp³-hybridized carbons (Fsp3) is 0.533. The molecule has 1 aromatic carbocycles. The Morgan fingerprint density at radius 2 is 2.21 bits per heavy atom. The van der Waals surface area contributed by atoms with Crippen LogP contribution in [-0.4, -0.2) is 43.4 Å². The molecular weight excluding hydrogens is 258 g/mol. The summed E-state index contributed by atoms with van der Waals surface area (Å²) in [7, 11) is 1.89. The number of hydrogen-bond acceptors (Lipinski definition) is 3. The van der Waals surface area contributed by atoms with Crippen molar-refractivity contribution in [3.05, 3.63) is 30.3 Å². The van der Waals surface area contributed by atoms with Crippen LogP contribution in [0.15, 0.2) is 35.2 Å². The Hall–Kier alpha value is -1.00. The number of hydrogen-bond donors (Lipinski definition) is 0. The lowest BCUT2D eigenvalue weighted by molar-refractivity contribution is -0.130. The molecule has 1 saturated heterocycles. The summed E-state index contributed by atoms with van der Waals surface area (Å²) in [5.41, 5.74) is 0. The van der Waals surface area contributed by atoms with Crippen LogP contribution in [0.25, 0.3) is 0 Å². The van der Waals surface area contributed by atoms with Crippen molar-refractivity contribution in [1.82, 2.24) is 4.90 Å². The van der Waals surface area contributed by atoms with Crippen LogP contribution in [0.1, 0.15) is 12.8 Å². The van der Waals surface area contributed by atoms with E-state index in [2.05, 4.69) is 12.1 Å². The molecule has 0 aromatic heterocycles. The zero-order valence-electron chi connectivity index (χ0n) is 11.4. The molecule has 0 aliphatic carbocycles. The number of nitrogens with zero attached hydrogens (tertiary/aromatic N) is 1.